The fraction of sp³-hybridized carbons (Fsp3) is 0.750. The molecular weight excluding hydrogens is 172 g/mol. The highest BCUT2D eigenvalue weighted by molar-refractivity contribution is 5.83. The van der Waals surface area contributed by atoms with E-state index in [1.807, 2.05) is 6.92 Å². The van der Waals surface area contributed by atoms with E-state index in [0.29, 0.717) is 6.54 Å². The van der Waals surface area contributed by atoms with Crippen molar-refractivity contribution in [3.8, 4) is 0 Å². The molecule has 0 aliphatic rings. The van der Waals surface area contributed by atoms with Gasteiger partial charge in [0.1, 0.15) is 6.04 Å². The molecule has 0 aromatic rings. The van der Waals surface area contributed by atoms with Crippen molar-refractivity contribution in [2.75, 3.05) is 6.54 Å². The Bertz CT molecular complexity index is 194. The van der Waals surface area contributed by atoms with E-state index in [-0.39, 0.29) is 18.2 Å². The Kier molecular flexibility index (Phi) is 5.06. The van der Waals surface area contributed by atoms with Gasteiger partial charge >= 0.3 is 5.97 Å². The van der Waals surface area contributed by atoms with Crippen LogP contribution in [0.1, 0.15) is 20.3 Å². The van der Waals surface area contributed by atoms with Gasteiger partial charge in [-0.05, 0) is 19.4 Å². The molecule has 5 nitrogen and oxygen atoms in total. The van der Waals surface area contributed by atoms with Crippen molar-refractivity contribution in [3.63, 3.8) is 0 Å². The van der Waals surface area contributed by atoms with Gasteiger partial charge in [-0.25, -0.2) is 0 Å². The van der Waals surface area contributed by atoms with Gasteiger partial charge in [-0.1, -0.05) is 6.92 Å². The summed E-state index contributed by atoms with van der Waals surface area (Å²) in [6.07, 6.45) is 0.272. The van der Waals surface area contributed by atoms with Gasteiger partial charge in [0.2, 0.25) is 5.91 Å². The third kappa shape index (κ3) is 5.19. The van der Waals surface area contributed by atoms with Gasteiger partial charge in [0.05, 0.1) is 0 Å². The van der Waals surface area contributed by atoms with Gasteiger partial charge in [0, 0.05) is 6.42 Å². The smallest absolute Gasteiger partial charge is 0.325 e. The Balaban J connectivity index is 3.81. The van der Waals surface area contributed by atoms with Gasteiger partial charge in [-0.15, -0.1) is 0 Å². The van der Waals surface area contributed by atoms with Crippen LogP contribution in [0.3, 0.4) is 0 Å². The van der Waals surface area contributed by atoms with Crippen molar-refractivity contribution in [1.29, 1.82) is 0 Å². The molecule has 13 heavy (non-hydrogen) atoms. The molecular formula is C8H16N2O3. The summed E-state index contributed by atoms with van der Waals surface area (Å²) in [5.41, 5.74) is 5.31. The lowest BCUT2D eigenvalue weighted by atomic mass is 10.1. The molecule has 2 unspecified atom stereocenters. The van der Waals surface area contributed by atoms with Crippen LogP contribution in [0.25, 0.3) is 0 Å². The summed E-state index contributed by atoms with van der Waals surface area (Å²) in [6.45, 7) is 3.69. The molecule has 0 saturated heterocycles. The molecule has 4 N–H and O–H groups in total. The molecule has 0 aromatic heterocycles. The zero-order chi connectivity index (χ0) is 10.4. The minimum atomic E-state index is -1.03. The molecule has 0 rings (SSSR count). The fourth-order valence-corrected chi connectivity index (χ4v) is 0.762. The van der Waals surface area contributed by atoms with Crippen LogP contribution in [0.2, 0.25) is 0 Å². The highest BCUT2D eigenvalue weighted by atomic mass is 16.4. The largest absolute Gasteiger partial charge is 0.480 e. The van der Waals surface area contributed by atoms with Crippen molar-refractivity contribution in [1.82, 2.24) is 5.32 Å². The zero-order valence-electron chi connectivity index (χ0n) is 7.91. The van der Waals surface area contributed by atoms with Gasteiger partial charge in [-0.3, -0.25) is 9.59 Å². The Morgan fingerprint density at radius 2 is 2.00 bits per heavy atom. The summed E-state index contributed by atoms with van der Waals surface area (Å²) in [7, 11) is 0. The average Bonchev–Trinajstić information content (AvgIpc) is 2.03. The average molecular weight is 188 g/mol. The van der Waals surface area contributed by atoms with Crippen LogP contribution in [0.4, 0.5) is 0 Å². The maximum absolute atomic E-state index is 11.1. The minimum Gasteiger partial charge on any atom is -0.480 e. The third-order valence-electron chi connectivity index (χ3n) is 1.68. The molecule has 2 atom stereocenters. The number of rotatable bonds is 5. The number of aliphatic carboxylic acids is 1. The van der Waals surface area contributed by atoms with Crippen LogP contribution < -0.4 is 11.1 Å². The summed E-state index contributed by atoms with van der Waals surface area (Å²) in [6, 6.07) is -0.836. The molecule has 76 valence electrons. The molecule has 0 radical (unpaired) electrons. The van der Waals surface area contributed by atoms with Crippen molar-refractivity contribution in [2.24, 2.45) is 11.7 Å². The number of carboxylic acid groups (broad SMARTS) is 1. The maximum Gasteiger partial charge on any atom is 0.325 e. The number of carbonyl (C=O) groups is 2. The fourth-order valence-electron chi connectivity index (χ4n) is 0.762. The first-order valence-electron chi connectivity index (χ1n) is 4.19. The Labute approximate surface area is 77.3 Å². The molecule has 0 spiro atoms. The minimum absolute atomic E-state index is 0.0843. The Morgan fingerprint density at radius 1 is 1.46 bits per heavy atom. The summed E-state index contributed by atoms with van der Waals surface area (Å²) < 4.78 is 0. The summed E-state index contributed by atoms with van der Waals surface area (Å²) in [5.74, 6) is -1.22. The molecule has 0 saturated carbocycles. The molecule has 0 bridgehead atoms. The quantitative estimate of drug-likeness (QED) is 0.545. The highest BCUT2D eigenvalue weighted by Gasteiger charge is 2.15. The monoisotopic (exact) mass is 188 g/mol. The van der Waals surface area contributed by atoms with Crippen LogP contribution in [0, 0.1) is 5.92 Å². The van der Waals surface area contributed by atoms with Gasteiger partial charge in [0.15, 0.2) is 0 Å². The lowest BCUT2D eigenvalue weighted by Crippen LogP contribution is -2.39. The third-order valence-corrected chi connectivity index (χ3v) is 1.68. The SMILES string of the molecule is CC(CN)CC(=O)NC(C)C(=O)O. The van der Waals surface area contributed by atoms with E-state index in [1.54, 1.807) is 0 Å². The van der Waals surface area contributed by atoms with Crippen LogP contribution in [0.15, 0.2) is 0 Å². The van der Waals surface area contributed by atoms with Crippen LogP contribution in [-0.2, 0) is 9.59 Å². The molecule has 0 heterocycles. The predicted octanol–water partition coefficient (Wildman–Crippen LogP) is -0.439. The number of hydrogen-bond acceptors (Lipinski definition) is 3. The van der Waals surface area contributed by atoms with Crippen molar-refractivity contribution in [3.05, 3.63) is 0 Å². The van der Waals surface area contributed by atoms with Crippen molar-refractivity contribution in [2.45, 2.75) is 26.3 Å². The van der Waals surface area contributed by atoms with E-state index in [4.69, 9.17) is 10.8 Å². The molecule has 0 aliphatic heterocycles. The molecule has 0 fully saturated rings. The van der Waals surface area contributed by atoms with E-state index in [1.165, 1.54) is 6.92 Å². The highest BCUT2D eigenvalue weighted by Crippen LogP contribution is 1.98. The summed E-state index contributed by atoms with van der Waals surface area (Å²) in [4.78, 5) is 21.4. The second-order valence-corrected chi connectivity index (χ2v) is 3.17. The topological polar surface area (TPSA) is 92.4 Å². The second kappa shape index (κ2) is 5.53. The Hall–Kier alpha value is -1.10. The Morgan fingerprint density at radius 3 is 2.38 bits per heavy atom. The molecule has 1 amide bonds. The van der Waals surface area contributed by atoms with E-state index in [9.17, 15) is 9.59 Å². The first-order chi connectivity index (χ1) is 5.97. The van der Waals surface area contributed by atoms with Gasteiger partial charge in [0.25, 0.3) is 0 Å². The van der Waals surface area contributed by atoms with Crippen molar-refractivity contribution >= 4 is 11.9 Å². The van der Waals surface area contributed by atoms with E-state index < -0.39 is 12.0 Å². The number of nitrogens with two attached hydrogens (primary N) is 1. The summed E-state index contributed by atoms with van der Waals surface area (Å²) >= 11 is 0. The molecule has 0 aliphatic carbocycles. The van der Waals surface area contributed by atoms with E-state index >= 15 is 0 Å². The van der Waals surface area contributed by atoms with E-state index in [0.717, 1.165) is 0 Å². The lowest BCUT2D eigenvalue weighted by Gasteiger charge is -2.11. The normalized spacial score (nSPS) is 14.7. The first kappa shape index (κ1) is 11.9. The first-order valence-corrected chi connectivity index (χ1v) is 4.19. The number of nitrogens with one attached hydrogen (secondary N) is 1. The maximum atomic E-state index is 11.1. The lowest BCUT2D eigenvalue weighted by molar-refractivity contribution is -0.141. The number of carbonyl (C=O) groups excluding carboxylic acids is 1. The van der Waals surface area contributed by atoms with E-state index in [2.05, 4.69) is 5.32 Å². The van der Waals surface area contributed by atoms with Crippen LogP contribution in [0.5, 0.6) is 0 Å². The van der Waals surface area contributed by atoms with Gasteiger partial charge in [-0.2, -0.15) is 0 Å². The molecule has 5 heteroatoms. The molecule has 0 aromatic carbocycles. The van der Waals surface area contributed by atoms with Gasteiger partial charge < -0.3 is 16.2 Å². The predicted molar refractivity (Wildman–Crippen MR) is 48.1 cm³/mol. The van der Waals surface area contributed by atoms with Crippen LogP contribution >= 0.6 is 0 Å². The second-order valence-electron chi connectivity index (χ2n) is 3.17. The number of amides is 1. The van der Waals surface area contributed by atoms with Crippen molar-refractivity contribution < 1.29 is 14.7 Å². The standard InChI is InChI=1S/C8H16N2O3/c1-5(4-9)3-7(11)10-6(2)8(12)13/h5-6H,3-4,9H2,1-2H3,(H,10,11)(H,12,13). The number of carboxylic acids is 1. The zero-order valence-corrected chi connectivity index (χ0v) is 7.91. The summed E-state index contributed by atoms with van der Waals surface area (Å²) in [5, 5.41) is 10.8. The number of hydrogen-bond donors (Lipinski definition) is 3. The van der Waals surface area contributed by atoms with Crippen LogP contribution in [-0.4, -0.2) is 29.6 Å².